The minimum absolute atomic E-state index is 0.122. The van der Waals surface area contributed by atoms with Gasteiger partial charge in [0, 0.05) is 5.56 Å². The highest BCUT2D eigenvalue weighted by Crippen LogP contribution is 2.44. The second-order valence-electron chi connectivity index (χ2n) is 7.45. The van der Waals surface area contributed by atoms with E-state index in [1.54, 1.807) is 18.1 Å². The molecule has 0 saturated carbocycles. The average molecular weight is 389 g/mol. The van der Waals surface area contributed by atoms with E-state index in [1.807, 2.05) is 24.3 Å². The van der Waals surface area contributed by atoms with Crippen LogP contribution in [0.25, 0.3) is 11.3 Å². The fourth-order valence-corrected chi connectivity index (χ4v) is 4.40. The van der Waals surface area contributed by atoms with Gasteiger partial charge < -0.3 is 14.8 Å². The Morgan fingerprint density at radius 3 is 2.90 bits per heavy atom. The third-order valence-corrected chi connectivity index (χ3v) is 5.77. The number of hydrogen-bond acceptors (Lipinski definition) is 6. The number of hydrogen-bond donors (Lipinski definition) is 1. The van der Waals surface area contributed by atoms with E-state index < -0.39 is 0 Å². The van der Waals surface area contributed by atoms with Crippen molar-refractivity contribution in [3.63, 3.8) is 0 Å². The van der Waals surface area contributed by atoms with E-state index in [0.717, 1.165) is 42.0 Å². The van der Waals surface area contributed by atoms with Gasteiger partial charge in [-0.15, -0.1) is 5.10 Å². The van der Waals surface area contributed by atoms with Crippen molar-refractivity contribution < 1.29 is 9.47 Å². The summed E-state index contributed by atoms with van der Waals surface area (Å²) in [7, 11) is 1.67. The van der Waals surface area contributed by atoms with Crippen LogP contribution in [-0.2, 0) is 4.74 Å². The summed E-state index contributed by atoms with van der Waals surface area (Å²) < 4.78 is 13.7. The highest BCUT2D eigenvalue weighted by atomic mass is 16.5. The third-order valence-electron chi connectivity index (χ3n) is 5.77. The highest BCUT2D eigenvalue weighted by molar-refractivity contribution is 5.76. The van der Waals surface area contributed by atoms with E-state index in [2.05, 4.69) is 51.2 Å². The molecule has 2 atom stereocenters. The maximum Gasteiger partial charge on any atom is 0.143 e. The summed E-state index contributed by atoms with van der Waals surface area (Å²) in [6, 6.07) is 16.6. The molecule has 3 heterocycles. The van der Waals surface area contributed by atoms with E-state index in [0.29, 0.717) is 6.61 Å². The number of aromatic nitrogens is 4. The quantitative estimate of drug-likeness (QED) is 0.740. The second kappa shape index (κ2) is 7.42. The molecule has 2 aromatic carbocycles. The first-order valence-corrected chi connectivity index (χ1v) is 9.85. The summed E-state index contributed by atoms with van der Waals surface area (Å²) in [6.45, 7) is 1.52. The lowest BCUT2D eigenvalue weighted by molar-refractivity contribution is -0.0255. The highest BCUT2D eigenvalue weighted by Gasteiger charge is 2.44. The zero-order valence-corrected chi connectivity index (χ0v) is 16.3. The largest absolute Gasteiger partial charge is 0.497 e. The van der Waals surface area contributed by atoms with Gasteiger partial charge in [0.15, 0.2) is 0 Å². The zero-order valence-electron chi connectivity index (χ0n) is 16.3. The van der Waals surface area contributed by atoms with Gasteiger partial charge in [0.1, 0.15) is 17.7 Å². The maximum absolute atomic E-state index is 6.50. The minimum Gasteiger partial charge on any atom is -0.497 e. The van der Waals surface area contributed by atoms with Crippen molar-refractivity contribution in [1.82, 2.24) is 25.5 Å². The smallest absolute Gasteiger partial charge is 0.143 e. The van der Waals surface area contributed by atoms with Gasteiger partial charge in [0.05, 0.1) is 25.4 Å². The summed E-state index contributed by atoms with van der Waals surface area (Å²) in [6.07, 6.45) is 5.95. The van der Waals surface area contributed by atoms with Crippen molar-refractivity contribution in [1.29, 1.82) is 0 Å². The molecular formula is C22H23N5O2. The number of nitrogens with one attached hydrogen (secondary N) is 1. The molecule has 0 aliphatic carbocycles. The summed E-state index contributed by atoms with van der Waals surface area (Å²) in [5, 5.41) is 15.3. The lowest BCUT2D eigenvalue weighted by Gasteiger charge is -2.40. The molecule has 7 heteroatoms. The number of piperidine rings is 1. The van der Waals surface area contributed by atoms with Crippen molar-refractivity contribution in [3.05, 3.63) is 72.1 Å². The van der Waals surface area contributed by atoms with Gasteiger partial charge in [-0.25, -0.2) is 0 Å². The Morgan fingerprint density at radius 1 is 1.21 bits per heavy atom. The number of benzene rings is 2. The molecule has 2 aliphatic heterocycles. The topological polar surface area (TPSA) is 74.1 Å². The van der Waals surface area contributed by atoms with E-state index >= 15 is 0 Å². The third kappa shape index (κ3) is 3.22. The van der Waals surface area contributed by atoms with Crippen LogP contribution in [0.1, 0.15) is 30.0 Å². The lowest BCUT2D eigenvalue weighted by Crippen LogP contribution is -2.47. The van der Waals surface area contributed by atoms with Crippen LogP contribution in [0.15, 0.2) is 60.9 Å². The monoisotopic (exact) mass is 389 g/mol. The number of ether oxygens (including phenoxy) is 2. The molecule has 5 rings (SSSR count). The van der Waals surface area contributed by atoms with E-state index in [-0.39, 0.29) is 11.6 Å². The molecule has 0 unspecified atom stereocenters. The van der Waals surface area contributed by atoms with Gasteiger partial charge >= 0.3 is 0 Å². The maximum atomic E-state index is 6.50. The number of rotatable bonds is 4. The number of nitrogens with zero attached hydrogens (tertiary/aromatic N) is 4. The summed E-state index contributed by atoms with van der Waals surface area (Å²) in [5.74, 6) is 0.792. The van der Waals surface area contributed by atoms with Gasteiger partial charge in [-0.1, -0.05) is 30.3 Å². The fourth-order valence-electron chi connectivity index (χ4n) is 4.40. The first-order valence-electron chi connectivity index (χ1n) is 9.85. The van der Waals surface area contributed by atoms with Crippen molar-refractivity contribution in [2.75, 3.05) is 20.3 Å². The molecule has 7 nitrogen and oxygen atoms in total. The van der Waals surface area contributed by atoms with Crippen LogP contribution in [0.4, 0.5) is 0 Å². The Balaban J connectivity index is 1.59. The summed E-state index contributed by atoms with van der Waals surface area (Å²) in [4.78, 5) is 0. The molecule has 2 aliphatic rings. The van der Waals surface area contributed by atoms with E-state index in [1.165, 1.54) is 5.56 Å². The van der Waals surface area contributed by atoms with Gasteiger partial charge in [0.25, 0.3) is 0 Å². The Bertz CT molecular complexity index is 1020. The number of tetrazole rings is 1. The van der Waals surface area contributed by atoms with Crippen LogP contribution in [-0.4, -0.2) is 46.1 Å². The van der Waals surface area contributed by atoms with Crippen molar-refractivity contribution >= 4 is 5.57 Å². The van der Waals surface area contributed by atoms with E-state index in [9.17, 15) is 0 Å². The van der Waals surface area contributed by atoms with Crippen LogP contribution in [0.2, 0.25) is 0 Å². The molecule has 1 saturated heterocycles. The molecule has 148 valence electrons. The Kier molecular flexibility index (Phi) is 4.61. The van der Waals surface area contributed by atoms with Crippen LogP contribution in [0.3, 0.4) is 0 Å². The molecule has 1 N–H and O–H groups in total. The van der Waals surface area contributed by atoms with Gasteiger partial charge in [-0.3, -0.25) is 0 Å². The molecule has 0 radical (unpaired) electrons. The Hall–Kier alpha value is -3.03. The minimum atomic E-state index is -0.365. The standard InChI is InChI=1S/C22H23N5O2/c1-28-18-8-9-20(27-15-24-25-26-27)19(12-18)17-13-22(29-14-17)10-5-11-23-21(22)16-6-3-2-4-7-16/h2-4,6-9,12-13,15,21,23H,5,10-11,14H2,1H3/t21-,22+/m0/s1. The average Bonchev–Trinajstić information content (AvgIpc) is 3.45. The normalized spacial score (nSPS) is 23.9. The lowest BCUT2D eigenvalue weighted by atomic mass is 9.81. The zero-order chi connectivity index (χ0) is 19.7. The Morgan fingerprint density at radius 2 is 2.10 bits per heavy atom. The predicted octanol–water partition coefficient (Wildman–Crippen LogP) is 2.95. The van der Waals surface area contributed by atoms with Crippen LogP contribution in [0, 0.1) is 0 Å². The van der Waals surface area contributed by atoms with Crippen molar-refractivity contribution in [2.24, 2.45) is 0 Å². The Labute approximate surface area is 169 Å². The van der Waals surface area contributed by atoms with Crippen LogP contribution < -0.4 is 10.1 Å². The summed E-state index contributed by atoms with van der Waals surface area (Å²) in [5.41, 5.74) is 3.93. The molecule has 1 aromatic heterocycles. The molecule has 0 amide bonds. The van der Waals surface area contributed by atoms with Crippen molar-refractivity contribution in [3.8, 4) is 11.4 Å². The van der Waals surface area contributed by atoms with Crippen LogP contribution in [0.5, 0.6) is 5.75 Å². The summed E-state index contributed by atoms with van der Waals surface area (Å²) >= 11 is 0. The molecule has 29 heavy (non-hydrogen) atoms. The SMILES string of the molecule is COc1ccc(-n2cnnn2)c(C2=C[C@@]3(CCCN[C@H]3c3ccccc3)OC2)c1. The van der Waals surface area contributed by atoms with E-state index in [4.69, 9.17) is 9.47 Å². The van der Waals surface area contributed by atoms with Gasteiger partial charge in [-0.2, -0.15) is 4.68 Å². The second-order valence-corrected chi connectivity index (χ2v) is 7.45. The van der Waals surface area contributed by atoms with Crippen LogP contribution >= 0.6 is 0 Å². The molecule has 0 bridgehead atoms. The fraction of sp³-hybridized carbons (Fsp3) is 0.318. The first-order chi connectivity index (χ1) is 14.3. The predicted molar refractivity (Wildman–Crippen MR) is 109 cm³/mol. The molecule has 1 fully saturated rings. The van der Waals surface area contributed by atoms with Gasteiger partial charge in [0.2, 0.25) is 0 Å². The first kappa shape index (κ1) is 18.0. The number of methoxy groups -OCH3 is 1. The van der Waals surface area contributed by atoms with Gasteiger partial charge in [-0.05, 0) is 65.2 Å². The molecule has 3 aromatic rings. The molecular weight excluding hydrogens is 366 g/mol. The molecule has 1 spiro atoms. The van der Waals surface area contributed by atoms with Crippen molar-refractivity contribution in [2.45, 2.75) is 24.5 Å².